The molecule has 2 rings (SSSR count). The van der Waals surface area contributed by atoms with Crippen LogP contribution in [-0.2, 0) is 4.79 Å². The predicted octanol–water partition coefficient (Wildman–Crippen LogP) is 1.19. The number of urea groups is 1. The van der Waals surface area contributed by atoms with E-state index in [4.69, 9.17) is 5.11 Å². The molecule has 6 heteroatoms. The second-order valence-corrected chi connectivity index (χ2v) is 6.09. The number of hydrogen-bond acceptors (Lipinski definition) is 3. The van der Waals surface area contributed by atoms with E-state index in [9.17, 15) is 14.7 Å². The third-order valence-corrected chi connectivity index (χ3v) is 4.74. The maximum Gasteiger partial charge on any atom is 0.317 e. The van der Waals surface area contributed by atoms with Gasteiger partial charge >= 0.3 is 12.0 Å². The van der Waals surface area contributed by atoms with Crippen LogP contribution in [0.4, 0.5) is 4.79 Å². The van der Waals surface area contributed by atoms with E-state index in [1.54, 1.807) is 4.90 Å². The van der Waals surface area contributed by atoms with E-state index in [0.717, 1.165) is 51.6 Å². The van der Waals surface area contributed by atoms with Crippen LogP contribution in [0.2, 0.25) is 0 Å². The van der Waals surface area contributed by atoms with Gasteiger partial charge < -0.3 is 20.4 Å². The Balaban J connectivity index is 1.73. The summed E-state index contributed by atoms with van der Waals surface area (Å²) < 4.78 is 0. The molecule has 1 saturated carbocycles. The Bertz CT molecular complexity index is 354. The first-order valence-electron chi connectivity index (χ1n) is 7.43. The number of piperidine rings is 1. The van der Waals surface area contributed by atoms with Crippen molar-refractivity contribution in [3.05, 3.63) is 0 Å². The van der Waals surface area contributed by atoms with E-state index in [0.29, 0.717) is 5.41 Å². The monoisotopic (exact) mass is 284 g/mol. The lowest BCUT2D eigenvalue weighted by atomic mass is 9.67. The number of carbonyl (C=O) groups excluding carboxylic acids is 1. The lowest BCUT2D eigenvalue weighted by Gasteiger charge is -2.45. The molecule has 0 bridgehead atoms. The fraction of sp³-hybridized carbons (Fsp3) is 0.857. The van der Waals surface area contributed by atoms with Gasteiger partial charge in [0.05, 0.1) is 12.5 Å². The summed E-state index contributed by atoms with van der Waals surface area (Å²) in [6.45, 7) is 1.64. The van der Waals surface area contributed by atoms with Crippen molar-refractivity contribution >= 4 is 12.0 Å². The highest BCUT2D eigenvalue weighted by atomic mass is 16.4. The van der Waals surface area contributed by atoms with Crippen LogP contribution in [0, 0.1) is 5.41 Å². The molecule has 0 aromatic heterocycles. The van der Waals surface area contributed by atoms with Crippen molar-refractivity contribution < 1.29 is 19.8 Å². The van der Waals surface area contributed by atoms with Crippen LogP contribution in [0.3, 0.4) is 0 Å². The Morgan fingerprint density at radius 2 is 1.75 bits per heavy atom. The molecule has 2 fully saturated rings. The number of aliphatic hydroxyl groups excluding tert-OH is 1. The van der Waals surface area contributed by atoms with Crippen molar-refractivity contribution in [2.75, 3.05) is 19.6 Å². The minimum atomic E-state index is -0.899. The maximum absolute atomic E-state index is 11.9. The molecule has 0 aromatic carbocycles. The summed E-state index contributed by atoms with van der Waals surface area (Å²) in [6, 6.07) is -0.156. The maximum atomic E-state index is 11.9. The van der Waals surface area contributed by atoms with Gasteiger partial charge in [0, 0.05) is 19.6 Å². The number of aliphatic carboxylic acids is 1. The number of likely N-dealkylation sites (tertiary alicyclic amines) is 1. The van der Waals surface area contributed by atoms with Gasteiger partial charge in [0.2, 0.25) is 0 Å². The number of carboxylic acids is 1. The van der Waals surface area contributed by atoms with Gasteiger partial charge in [-0.05, 0) is 43.9 Å². The molecule has 0 radical (unpaired) electrons. The Kier molecular flexibility index (Phi) is 4.86. The van der Waals surface area contributed by atoms with Gasteiger partial charge in [-0.1, -0.05) is 0 Å². The minimum absolute atomic E-state index is 0.0403. The number of aliphatic hydroxyl groups is 1. The van der Waals surface area contributed by atoms with Crippen molar-refractivity contribution in [1.29, 1.82) is 0 Å². The summed E-state index contributed by atoms with van der Waals surface area (Å²) in [4.78, 5) is 24.1. The summed E-state index contributed by atoms with van der Waals surface area (Å²) in [5.41, 5.74) is 0.317. The average Bonchev–Trinajstić information content (AvgIpc) is 2.43. The van der Waals surface area contributed by atoms with Gasteiger partial charge in [-0.3, -0.25) is 4.79 Å². The van der Waals surface area contributed by atoms with E-state index >= 15 is 0 Å². The Morgan fingerprint density at radius 3 is 2.30 bits per heavy atom. The van der Waals surface area contributed by atoms with E-state index in [1.807, 2.05) is 0 Å². The molecule has 20 heavy (non-hydrogen) atoms. The third-order valence-electron chi connectivity index (χ3n) is 4.74. The summed E-state index contributed by atoms with van der Waals surface area (Å²) >= 11 is 0. The highest BCUT2D eigenvalue weighted by Crippen LogP contribution is 2.44. The second-order valence-electron chi connectivity index (χ2n) is 6.09. The number of carboxylic acid groups (broad SMARTS) is 1. The van der Waals surface area contributed by atoms with E-state index in [1.165, 1.54) is 0 Å². The summed E-state index contributed by atoms with van der Waals surface area (Å²) in [5, 5.41) is 20.8. The lowest BCUT2D eigenvalue weighted by Crippen LogP contribution is -2.48. The van der Waals surface area contributed by atoms with Crippen molar-refractivity contribution in [3.63, 3.8) is 0 Å². The molecule has 114 valence electrons. The van der Waals surface area contributed by atoms with Crippen LogP contribution in [-0.4, -0.2) is 52.9 Å². The molecule has 0 unspecified atom stereocenters. The largest absolute Gasteiger partial charge is 0.481 e. The molecule has 3 N–H and O–H groups in total. The molecule has 1 spiro atoms. The topological polar surface area (TPSA) is 89.9 Å². The number of nitrogens with one attached hydrogen (secondary N) is 1. The Morgan fingerprint density at radius 1 is 1.15 bits per heavy atom. The molecule has 2 amide bonds. The van der Waals surface area contributed by atoms with Crippen LogP contribution < -0.4 is 5.32 Å². The van der Waals surface area contributed by atoms with Crippen LogP contribution in [0.25, 0.3) is 0 Å². The van der Waals surface area contributed by atoms with Gasteiger partial charge in [0.25, 0.3) is 0 Å². The SMILES string of the molecule is O=C(O)CCNC(=O)N1CCC2(CCC(O)CC2)CC1. The first-order valence-corrected chi connectivity index (χ1v) is 7.43. The minimum Gasteiger partial charge on any atom is -0.481 e. The molecule has 6 nitrogen and oxygen atoms in total. The normalized spacial score (nSPS) is 22.8. The van der Waals surface area contributed by atoms with Crippen LogP contribution in [0.1, 0.15) is 44.9 Å². The molecule has 1 aliphatic heterocycles. The number of amides is 2. The van der Waals surface area contributed by atoms with Crippen LogP contribution >= 0.6 is 0 Å². The fourth-order valence-electron chi connectivity index (χ4n) is 3.29. The summed E-state index contributed by atoms with van der Waals surface area (Å²) in [7, 11) is 0. The van der Waals surface area contributed by atoms with Gasteiger partial charge in [-0.2, -0.15) is 0 Å². The summed E-state index contributed by atoms with van der Waals surface area (Å²) in [5.74, 6) is -0.899. The first kappa shape index (κ1) is 15.1. The van der Waals surface area contributed by atoms with E-state index in [-0.39, 0.29) is 25.1 Å². The molecular formula is C14H24N2O4. The van der Waals surface area contributed by atoms with Gasteiger partial charge in [-0.15, -0.1) is 0 Å². The standard InChI is InChI=1S/C14H24N2O4/c17-11-1-4-14(5-2-11)6-9-16(10-7-14)13(20)15-8-3-12(18)19/h11,17H,1-10H2,(H,15,20)(H,18,19). The quantitative estimate of drug-likeness (QED) is 0.726. The first-order chi connectivity index (χ1) is 9.51. The van der Waals surface area contributed by atoms with Crippen LogP contribution in [0.15, 0.2) is 0 Å². The molecule has 0 aromatic rings. The zero-order valence-corrected chi connectivity index (χ0v) is 11.8. The fourth-order valence-corrected chi connectivity index (χ4v) is 3.29. The molecular weight excluding hydrogens is 260 g/mol. The number of hydrogen-bond donors (Lipinski definition) is 3. The highest BCUT2D eigenvalue weighted by Gasteiger charge is 2.38. The molecule has 2 aliphatic rings. The van der Waals surface area contributed by atoms with Gasteiger partial charge in [-0.25, -0.2) is 4.79 Å². The number of carbonyl (C=O) groups is 2. The van der Waals surface area contributed by atoms with Crippen molar-refractivity contribution in [1.82, 2.24) is 10.2 Å². The third kappa shape index (κ3) is 3.85. The zero-order chi connectivity index (χ0) is 14.6. The Labute approximate surface area is 119 Å². The number of nitrogens with zero attached hydrogens (tertiary/aromatic N) is 1. The molecule has 1 saturated heterocycles. The summed E-state index contributed by atoms with van der Waals surface area (Å²) in [6.07, 6.45) is 5.68. The highest BCUT2D eigenvalue weighted by molar-refractivity contribution is 5.75. The molecule has 1 aliphatic carbocycles. The van der Waals surface area contributed by atoms with E-state index < -0.39 is 5.97 Å². The van der Waals surface area contributed by atoms with Crippen molar-refractivity contribution in [3.8, 4) is 0 Å². The second kappa shape index (κ2) is 6.43. The molecule has 0 atom stereocenters. The average molecular weight is 284 g/mol. The van der Waals surface area contributed by atoms with Gasteiger partial charge in [0.15, 0.2) is 0 Å². The smallest absolute Gasteiger partial charge is 0.317 e. The molecule has 1 heterocycles. The van der Waals surface area contributed by atoms with Gasteiger partial charge in [0.1, 0.15) is 0 Å². The number of rotatable bonds is 3. The van der Waals surface area contributed by atoms with Crippen molar-refractivity contribution in [2.24, 2.45) is 5.41 Å². The van der Waals surface area contributed by atoms with Crippen LogP contribution in [0.5, 0.6) is 0 Å². The zero-order valence-electron chi connectivity index (χ0n) is 11.8. The van der Waals surface area contributed by atoms with E-state index in [2.05, 4.69) is 5.32 Å². The predicted molar refractivity (Wildman–Crippen MR) is 73.4 cm³/mol. The Hall–Kier alpha value is -1.30. The lowest BCUT2D eigenvalue weighted by molar-refractivity contribution is -0.136. The van der Waals surface area contributed by atoms with Crippen molar-refractivity contribution in [2.45, 2.75) is 51.0 Å².